The average Bonchev–Trinajstić information content (AvgIpc) is 3.26. The van der Waals surface area contributed by atoms with Crippen LogP contribution in [0.25, 0.3) is 0 Å². The van der Waals surface area contributed by atoms with Gasteiger partial charge in [-0.15, -0.1) is 0 Å². The Morgan fingerprint density at radius 3 is 2.73 bits per heavy atom. The molecule has 2 aromatic rings. The number of fused-ring (bicyclic) bond motifs is 1. The first kappa shape index (κ1) is 16.4. The zero-order chi connectivity index (χ0) is 18.1. The van der Waals surface area contributed by atoms with Crippen molar-refractivity contribution in [2.24, 2.45) is 5.92 Å². The normalized spacial score (nSPS) is 18.3. The molecule has 0 bridgehead atoms. The third-order valence-electron chi connectivity index (χ3n) is 4.54. The number of benzene rings is 2. The molecule has 0 saturated carbocycles. The minimum Gasteiger partial charge on any atom is -0.454 e. The SMILES string of the molecule is O=C(NCc1ccc2c(c1)OCO2)[C@@H]1CC(=O)N(c2ccc(F)cc2)C1. The van der Waals surface area contributed by atoms with Crippen LogP contribution in [-0.2, 0) is 16.1 Å². The van der Waals surface area contributed by atoms with Crippen LogP contribution in [0, 0.1) is 11.7 Å². The van der Waals surface area contributed by atoms with Gasteiger partial charge < -0.3 is 19.7 Å². The molecule has 0 unspecified atom stereocenters. The van der Waals surface area contributed by atoms with Gasteiger partial charge in [0.05, 0.1) is 5.92 Å². The Kier molecular flexibility index (Phi) is 4.20. The second kappa shape index (κ2) is 6.67. The van der Waals surface area contributed by atoms with Gasteiger partial charge in [-0.3, -0.25) is 9.59 Å². The number of rotatable bonds is 4. The first-order valence-electron chi connectivity index (χ1n) is 8.32. The summed E-state index contributed by atoms with van der Waals surface area (Å²) >= 11 is 0. The molecule has 0 spiro atoms. The zero-order valence-corrected chi connectivity index (χ0v) is 13.9. The van der Waals surface area contributed by atoms with E-state index in [1.54, 1.807) is 18.2 Å². The Morgan fingerprint density at radius 2 is 1.92 bits per heavy atom. The van der Waals surface area contributed by atoms with Gasteiger partial charge in [0.1, 0.15) is 5.82 Å². The number of anilines is 1. The molecule has 2 heterocycles. The van der Waals surface area contributed by atoms with E-state index in [2.05, 4.69) is 5.32 Å². The highest BCUT2D eigenvalue weighted by Crippen LogP contribution is 2.32. The third-order valence-corrected chi connectivity index (χ3v) is 4.54. The van der Waals surface area contributed by atoms with Gasteiger partial charge in [-0.05, 0) is 42.0 Å². The summed E-state index contributed by atoms with van der Waals surface area (Å²) in [6, 6.07) is 11.2. The topological polar surface area (TPSA) is 67.9 Å². The summed E-state index contributed by atoms with van der Waals surface area (Å²) in [5.41, 5.74) is 1.49. The Balaban J connectivity index is 1.36. The average molecular weight is 356 g/mol. The Bertz CT molecular complexity index is 853. The van der Waals surface area contributed by atoms with Gasteiger partial charge in [0.15, 0.2) is 11.5 Å². The maximum absolute atomic E-state index is 13.0. The fraction of sp³-hybridized carbons (Fsp3) is 0.263. The van der Waals surface area contributed by atoms with E-state index in [4.69, 9.17) is 9.47 Å². The van der Waals surface area contributed by atoms with Gasteiger partial charge in [-0.2, -0.15) is 0 Å². The standard InChI is InChI=1S/C19H17FN2O4/c20-14-2-4-15(5-3-14)22-10-13(8-18(22)23)19(24)21-9-12-1-6-16-17(7-12)26-11-25-16/h1-7,13H,8-11H2,(H,21,24)/t13-/m1/s1. The van der Waals surface area contributed by atoms with Crippen LogP contribution in [-0.4, -0.2) is 25.2 Å². The number of nitrogens with zero attached hydrogens (tertiary/aromatic N) is 1. The largest absolute Gasteiger partial charge is 0.454 e. The van der Waals surface area contributed by atoms with Gasteiger partial charge in [0, 0.05) is 25.2 Å². The Morgan fingerprint density at radius 1 is 1.15 bits per heavy atom. The van der Waals surface area contributed by atoms with Crippen LogP contribution in [0.1, 0.15) is 12.0 Å². The lowest BCUT2D eigenvalue weighted by atomic mass is 10.1. The minimum absolute atomic E-state index is 0.139. The Hall–Kier alpha value is -3.09. The highest BCUT2D eigenvalue weighted by atomic mass is 19.1. The molecule has 1 N–H and O–H groups in total. The van der Waals surface area contributed by atoms with Crippen LogP contribution in [0.3, 0.4) is 0 Å². The van der Waals surface area contributed by atoms with Crippen LogP contribution in [0.15, 0.2) is 42.5 Å². The Labute approximate surface area is 149 Å². The van der Waals surface area contributed by atoms with Crippen molar-refractivity contribution < 1.29 is 23.5 Å². The van der Waals surface area contributed by atoms with E-state index in [1.165, 1.54) is 17.0 Å². The van der Waals surface area contributed by atoms with Gasteiger partial charge >= 0.3 is 0 Å². The number of hydrogen-bond acceptors (Lipinski definition) is 4. The van der Waals surface area contributed by atoms with Crippen LogP contribution >= 0.6 is 0 Å². The molecule has 6 nitrogen and oxygen atoms in total. The van der Waals surface area contributed by atoms with E-state index >= 15 is 0 Å². The first-order valence-corrected chi connectivity index (χ1v) is 8.32. The molecule has 2 aromatic carbocycles. The summed E-state index contributed by atoms with van der Waals surface area (Å²) in [7, 11) is 0. The smallest absolute Gasteiger partial charge is 0.231 e. The van der Waals surface area contributed by atoms with Crippen molar-refractivity contribution >= 4 is 17.5 Å². The van der Waals surface area contributed by atoms with Crippen molar-refractivity contribution in [2.45, 2.75) is 13.0 Å². The number of nitrogens with one attached hydrogen (secondary N) is 1. The van der Waals surface area contributed by atoms with E-state index < -0.39 is 5.92 Å². The number of carbonyl (C=O) groups excluding carboxylic acids is 2. The van der Waals surface area contributed by atoms with E-state index in [0.717, 1.165) is 5.56 Å². The summed E-state index contributed by atoms with van der Waals surface area (Å²) in [5, 5.41) is 2.86. The lowest BCUT2D eigenvalue weighted by molar-refractivity contribution is -0.126. The van der Waals surface area contributed by atoms with Crippen LogP contribution < -0.4 is 19.7 Å². The summed E-state index contributed by atoms with van der Waals surface area (Å²) < 4.78 is 23.6. The quantitative estimate of drug-likeness (QED) is 0.912. The zero-order valence-electron chi connectivity index (χ0n) is 13.9. The lowest BCUT2D eigenvalue weighted by Crippen LogP contribution is -2.32. The molecular weight excluding hydrogens is 339 g/mol. The van der Waals surface area contributed by atoms with Gasteiger partial charge in [0.25, 0.3) is 0 Å². The summed E-state index contributed by atoms with van der Waals surface area (Å²) in [4.78, 5) is 26.1. The molecule has 2 aliphatic rings. The molecule has 0 aliphatic carbocycles. The van der Waals surface area contributed by atoms with Crippen LogP contribution in [0.4, 0.5) is 10.1 Å². The van der Waals surface area contributed by atoms with E-state index in [9.17, 15) is 14.0 Å². The molecular formula is C19H17FN2O4. The number of halogens is 1. The first-order chi connectivity index (χ1) is 12.6. The van der Waals surface area contributed by atoms with Crippen molar-refractivity contribution in [1.82, 2.24) is 5.32 Å². The van der Waals surface area contributed by atoms with Crippen molar-refractivity contribution in [3.63, 3.8) is 0 Å². The minimum atomic E-state index is -0.429. The maximum atomic E-state index is 13.0. The molecule has 1 saturated heterocycles. The fourth-order valence-corrected chi connectivity index (χ4v) is 3.14. The van der Waals surface area contributed by atoms with Gasteiger partial charge in [-0.25, -0.2) is 4.39 Å². The molecule has 7 heteroatoms. The second-order valence-corrected chi connectivity index (χ2v) is 6.29. The number of hydrogen-bond donors (Lipinski definition) is 1. The number of carbonyl (C=O) groups is 2. The van der Waals surface area contributed by atoms with E-state index in [0.29, 0.717) is 23.7 Å². The van der Waals surface area contributed by atoms with Gasteiger partial charge in [-0.1, -0.05) is 6.07 Å². The highest BCUT2D eigenvalue weighted by molar-refractivity contribution is 6.00. The summed E-state index contributed by atoms with van der Waals surface area (Å²) in [6.07, 6.45) is 0.143. The van der Waals surface area contributed by atoms with Crippen LogP contribution in [0.5, 0.6) is 11.5 Å². The fourth-order valence-electron chi connectivity index (χ4n) is 3.14. The predicted octanol–water partition coefficient (Wildman–Crippen LogP) is 2.22. The van der Waals surface area contributed by atoms with Gasteiger partial charge in [0.2, 0.25) is 18.6 Å². The maximum Gasteiger partial charge on any atom is 0.231 e. The third kappa shape index (κ3) is 3.20. The monoisotopic (exact) mass is 356 g/mol. The summed E-state index contributed by atoms with van der Waals surface area (Å²) in [6.45, 7) is 0.836. The molecule has 2 amide bonds. The number of ether oxygens (including phenoxy) is 2. The molecule has 2 aliphatic heterocycles. The van der Waals surface area contributed by atoms with Crippen molar-refractivity contribution in [3.05, 3.63) is 53.8 Å². The van der Waals surface area contributed by atoms with Crippen molar-refractivity contribution in [2.75, 3.05) is 18.2 Å². The summed E-state index contributed by atoms with van der Waals surface area (Å²) in [5.74, 6) is 0.243. The molecule has 1 fully saturated rings. The van der Waals surface area contributed by atoms with Crippen molar-refractivity contribution in [3.8, 4) is 11.5 Å². The lowest BCUT2D eigenvalue weighted by Gasteiger charge is -2.16. The predicted molar refractivity (Wildman–Crippen MR) is 91.3 cm³/mol. The molecule has 1 atom stereocenters. The van der Waals surface area contributed by atoms with Crippen LogP contribution in [0.2, 0.25) is 0 Å². The number of amides is 2. The highest BCUT2D eigenvalue weighted by Gasteiger charge is 2.35. The molecule has 134 valence electrons. The molecule has 4 rings (SSSR count). The second-order valence-electron chi connectivity index (χ2n) is 6.29. The van der Waals surface area contributed by atoms with E-state index in [1.807, 2.05) is 12.1 Å². The molecule has 0 aromatic heterocycles. The van der Waals surface area contributed by atoms with Crippen molar-refractivity contribution in [1.29, 1.82) is 0 Å². The molecule has 0 radical (unpaired) electrons. The molecule has 26 heavy (non-hydrogen) atoms. The van der Waals surface area contributed by atoms with E-state index in [-0.39, 0.29) is 37.4 Å².